The van der Waals surface area contributed by atoms with E-state index >= 15 is 0 Å². The van der Waals surface area contributed by atoms with Crippen molar-refractivity contribution in [2.45, 2.75) is 155 Å². The quantitative estimate of drug-likeness (QED) is 0.00977. The molecule has 4 aromatic carbocycles. The Kier molecular flexibility index (Phi) is 27.5. The van der Waals surface area contributed by atoms with E-state index in [-0.39, 0.29) is 65.6 Å². The van der Waals surface area contributed by atoms with Crippen LogP contribution in [0.2, 0.25) is 0 Å². The van der Waals surface area contributed by atoms with Crippen molar-refractivity contribution >= 4 is 47.9 Å². The van der Waals surface area contributed by atoms with Gasteiger partial charge in [0.2, 0.25) is 30.5 Å². The highest BCUT2D eigenvalue weighted by Gasteiger charge is 2.40. The van der Waals surface area contributed by atoms with Crippen molar-refractivity contribution in [3.05, 3.63) is 194 Å². The number of rotatable bonds is 28. The molecule has 0 radical (unpaired) electrons. The average Bonchev–Trinajstić information content (AvgIpc) is 1.68. The highest BCUT2D eigenvalue weighted by Crippen LogP contribution is 2.38. The fourth-order valence-corrected chi connectivity index (χ4v) is 15.0. The van der Waals surface area contributed by atoms with Crippen molar-refractivity contribution in [2.24, 2.45) is 33.7 Å². The van der Waals surface area contributed by atoms with Gasteiger partial charge in [-0.25, -0.2) is 34.7 Å². The second-order valence-corrected chi connectivity index (χ2v) is 30.2. The lowest BCUT2D eigenvalue weighted by Crippen LogP contribution is -2.45. The van der Waals surface area contributed by atoms with Crippen LogP contribution in [0.25, 0.3) is 67.3 Å². The zero-order valence-corrected chi connectivity index (χ0v) is 65.9. The second kappa shape index (κ2) is 38.5. The van der Waals surface area contributed by atoms with Gasteiger partial charge in [0.25, 0.3) is 0 Å². The van der Waals surface area contributed by atoms with Crippen LogP contribution in [0.5, 0.6) is 0 Å². The van der Waals surface area contributed by atoms with E-state index in [0.29, 0.717) is 25.7 Å². The van der Waals surface area contributed by atoms with Crippen LogP contribution in [0.3, 0.4) is 0 Å². The predicted molar refractivity (Wildman–Crippen MR) is 436 cm³/mol. The van der Waals surface area contributed by atoms with E-state index in [1.807, 2.05) is 93.2 Å². The monoisotopic (exact) mass is 1530 g/mol. The van der Waals surface area contributed by atoms with E-state index in [9.17, 15) is 19.2 Å². The van der Waals surface area contributed by atoms with Gasteiger partial charge in [0.05, 0.1) is 97.3 Å². The lowest BCUT2D eigenvalue weighted by atomic mass is 10.0. The number of aliphatic carboxylic acids is 1. The van der Waals surface area contributed by atoms with Gasteiger partial charge in [0, 0.05) is 44.4 Å². The summed E-state index contributed by atoms with van der Waals surface area (Å²) in [6.45, 7) is 18.8. The Morgan fingerprint density at radius 1 is 0.434 bits per heavy atom. The SMILES string of the molecule is CC(C)[C@H](Nc1cccnc1)C(=O)O.COOC=N[C@H](C(=O)N1CCC[C@H]1c1ncc(-c2ccc(-c3ccc(-c4cnc([C@@H]5CCCN5)[nH]4)cc3)cc2)[nH]1)C(C)C.COOC=N[C@H](C(=O)N1CCC[C@H]1c1ncc(-c2ccc(-c3ccc(-c4cnc([C@@H]5CCCN5C(=O)[C@@H](Nc5cccnc5)C(C)C)[nH]4)cc3)cc2)[nH]1)C(C)C. The van der Waals surface area contributed by atoms with Crippen LogP contribution in [0.1, 0.15) is 154 Å². The zero-order chi connectivity index (χ0) is 79.5. The first kappa shape index (κ1) is 80.8. The van der Waals surface area contributed by atoms with E-state index in [1.165, 1.54) is 33.4 Å². The number of likely N-dealkylation sites (tertiary alicyclic amines) is 3. The maximum atomic E-state index is 13.9. The number of pyridine rings is 2. The van der Waals surface area contributed by atoms with E-state index in [4.69, 9.17) is 24.8 Å². The number of carboxylic acid groups (broad SMARTS) is 1. The van der Waals surface area contributed by atoms with Crippen LogP contribution < -0.4 is 16.0 Å². The Bertz CT molecular complexity index is 4750. The maximum absolute atomic E-state index is 13.9. The molecule has 3 amide bonds. The minimum atomic E-state index is -0.844. The first-order valence-corrected chi connectivity index (χ1v) is 39.1. The number of hydrogen-bond acceptors (Lipinski definition) is 19. The summed E-state index contributed by atoms with van der Waals surface area (Å²) in [5, 5.41) is 18.7. The van der Waals surface area contributed by atoms with Crippen LogP contribution in [-0.4, -0.2) is 171 Å². The molecular weight excluding hydrogens is 1430 g/mol. The predicted octanol–water partition coefficient (Wildman–Crippen LogP) is 15.1. The summed E-state index contributed by atoms with van der Waals surface area (Å²) in [5.41, 5.74) is 14.0. The molecular formula is C86H104N18O9. The molecule has 0 saturated carbocycles. The second-order valence-electron chi connectivity index (χ2n) is 30.2. The summed E-state index contributed by atoms with van der Waals surface area (Å²) in [4.78, 5) is 126. The van der Waals surface area contributed by atoms with Crippen molar-refractivity contribution < 1.29 is 43.8 Å². The Hall–Kier alpha value is -11.7. The van der Waals surface area contributed by atoms with Crippen LogP contribution in [-0.2, 0) is 38.7 Å². The molecule has 113 heavy (non-hydrogen) atoms. The van der Waals surface area contributed by atoms with Crippen molar-refractivity contribution in [3.63, 3.8) is 0 Å². The van der Waals surface area contributed by atoms with Crippen molar-refractivity contribution in [1.29, 1.82) is 0 Å². The lowest BCUT2D eigenvalue weighted by molar-refractivity contribution is -0.188. The first-order valence-electron chi connectivity index (χ1n) is 39.1. The minimum absolute atomic E-state index is 0.00265. The van der Waals surface area contributed by atoms with Crippen LogP contribution in [0.15, 0.2) is 181 Å². The number of aromatic amines is 4. The zero-order valence-electron chi connectivity index (χ0n) is 65.9. The molecule has 10 aromatic rings. The molecule has 27 nitrogen and oxygen atoms in total. The minimum Gasteiger partial charge on any atom is -0.480 e. The molecule has 4 fully saturated rings. The number of nitrogens with zero attached hydrogens (tertiary/aromatic N) is 11. The van der Waals surface area contributed by atoms with Gasteiger partial charge in [-0.3, -0.25) is 24.4 Å². The van der Waals surface area contributed by atoms with Crippen molar-refractivity contribution in [1.82, 2.24) is 69.9 Å². The normalized spacial score (nSPS) is 18.0. The number of H-pyrrole nitrogens is 4. The van der Waals surface area contributed by atoms with Gasteiger partial charge in [-0.15, -0.1) is 0 Å². The van der Waals surface area contributed by atoms with Crippen LogP contribution in [0.4, 0.5) is 11.4 Å². The maximum Gasteiger partial charge on any atom is 0.326 e. The lowest BCUT2D eigenvalue weighted by Gasteiger charge is -2.30. The van der Waals surface area contributed by atoms with E-state index in [1.54, 1.807) is 36.9 Å². The summed E-state index contributed by atoms with van der Waals surface area (Å²) in [5.74, 6) is 2.72. The highest BCUT2D eigenvalue weighted by atomic mass is 17.2. The van der Waals surface area contributed by atoms with E-state index in [2.05, 4.69) is 186 Å². The summed E-state index contributed by atoms with van der Waals surface area (Å²) < 4.78 is 0. The van der Waals surface area contributed by atoms with Crippen molar-refractivity contribution in [2.75, 3.05) is 51.0 Å². The van der Waals surface area contributed by atoms with E-state index in [0.717, 1.165) is 153 Å². The smallest absolute Gasteiger partial charge is 0.326 e. The van der Waals surface area contributed by atoms with Crippen LogP contribution >= 0.6 is 0 Å². The fourth-order valence-electron chi connectivity index (χ4n) is 15.0. The van der Waals surface area contributed by atoms with Gasteiger partial charge in [-0.2, -0.15) is 9.78 Å². The number of nitrogens with one attached hydrogen (secondary N) is 7. The number of amides is 3. The third-order valence-corrected chi connectivity index (χ3v) is 21.1. The summed E-state index contributed by atoms with van der Waals surface area (Å²) in [6.07, 6.45) is 24.2. The van der Waals surface area contributed by atoms with Crippen LogP contribution in [0, 0.1) is 23.7 Å². The molecule has 4 saturated heterocycles. The largest absolute Gasteiger partial charge is 0.480 e. The highest BCUT2D eigenvalue weighted by molar-refractivity contribution is 5.87. The molecule has 592 valence electrons. The molecule has 8 atom stereocenters. The van der Waals surface area contributed by atoms with Gasteiger partial charge in [0.15, 0.2) is 0 Å². The number of carbonyl (C=O) groups is 4. The molecule has 0 aliphatic carbocycles. The molecule has 10 heterocycles. The molecule has 8 N–H and O–H groups in total. The molecule has 0 unspecified atom stereocenters. The Morgan fingerprint density at radius 3 is 1.08 bits per heavy atom. The molecule has 6 aromatic heterocycles. The molecule has 27 heteroatoms. The Morgan fingerprint density at radius 2 is 0.770 bits per heavy atom. The molecule has 0 spiro atoms. The average molecular weight is 1530 g/mol. The van der Waals surface area contributed by atoms with Gasteiger partial charge in [-0.1, -0.05) is 152 Å². The first-order chi connectivity index (χ1) is 54.8. The topological polar surface area (TPSA) is 336 Å². The fraction of sp³-hybridized carbons (Fsp3) is 0.395. The summed E-state index contributed by atoms with van der Waals surface area (Å²) in [6, 6.07) is 39.1. The molecule has 4 aliphatic heterocycles. The summed E-state index contributed by atoms with van der Waals surface area (Å²) in [7, 11) is 2.80. The number of aromatic nitrogens is 10. The number of benzene rings is 4. The van der Waals surface area contributed by atoms with Gasteiger partial charge in [0.1, 0.15) is 47.5 Å². The number of aliphatic imine (C=N–C) groups is 2. The standard InChI is InChI=1S/C43H51N9O4.C33H39N7O3.C10H14N2O2/c1-27(2)38(47-26-56-55-5)42(53)51-21-7-10-36(51)40-45-24-34(49-40)31-16-12-29(13-17-31)30-14-18-32(19-15-30)35-25-46-41(50-35)37-11-8-22-52(37)43(54)39(28(3)4)48-33-9-6-20-44-23-33;1-21(2)30(37-20-43-42-3)33(41)40-17-5-7-29(40)32-36-19-28(39-32)25-14-10-23(11-15-25)22-8-12-24(13-9-22)27-18-35-31(38-27)26-6-4-16-34-26;1-7(2)9(10(13)14)12-8-4-3-5-11-6-8/h6,9,12-20,23-28,36-39,48H,7-8,10-11,21-22H2,1-5H3,(H,45,49)(H,46,50);8-15,18-21,26,29-30,34H,4-7,16-17H2,1-3H3,(H,35,38)(H,36,39);3-7,9,12H,1-2H3,(H,13,14)/t36-,37-,38-,39-;26-,29-,30-;9-/m000/s1. The third kappa shape index (κ3) is 20.2. The molecule has 14 rings (SSSR count). The third-order valence-electron chi connectivity index (χ3n) is 21.1. The number of imidazole rings is 4. The molecule has 0 bridgehead atoms. The number of carboxylic acids is 1. The summed E-state index contributed by atoms with van der Waals surface area (Å²) >= 11 is 0. The van der Waals surface area contributed by atoms with Gasteiger partial charge in [-0.05, 0) is 150 Å². The number of anilines is 2. The van der Waals surface area contributed by atoms with Gasteiger partial charge >= 0.3 is 5.97 Å². The number of hydrogen-bond donors (Lipinski definition) is 8. The van der Waals surface area contributed by atoms with Gasteiger partial charge < -0.3 is 65.5 Å². The van der Waals surface area contributed by atoms with Crippen molar-refractivity contribution in [3.8, 4) is 67.3 Å². The number of carbonyl (C=O) groups excluding carboxylic acids is 3. The Balaban J connectivity index is 0.000000183. The molecule has 4 aliphatic rings. The Labute approximate surface area is 659 Å². The van der Waals surface area contributed by atoms with E-state index < -0.39 is 24.1 Å².